The minimum absolute atomic E-state index is 0.0918. The van der Waals surface area contributed by atoms with Gasteiger partial charge in [-0.3, -0.25) is 19.8 Å². The van der Waals surface area contributed by atoms with Gasteiger partial charge in [0.1, 0.15) is 17.8 Å². The number of carbonyl (C=O) groups excluding carboxylic acids is 2. The van der Waals surface area contributed by atoms with E-state index in [9.17, 15) is 19.7 Å². The van der Waals surface area contributed by atoms with Gasteiger partial charge in [-0.2, -0.15) is 0 Å². The van der Waals surface area contributed by atoms with Gasteiger partial charge in [-0.25, -0.2) is 4.79 Å². The molecule has 1 aromatic carbocycles. The van der Waals surface area contributed by atoms with Crippen LogP contribution < -0.4 is 4.90 Å². The third-order valence-electron chi connectivity index (χ3n) is 2.60. The van der Waals surface area contributed by atoms with Crippen LogP contribution >= 0.6 is 27.5 Å². The number of nitrogens with zero attached hydrogens (tertiary/aromatic N) is 2. The molecule has 1 rings (SSSR count). The zero-order valence-corrected chi connectivity index (χ0v) is 15.8. The van der Waals surface area contributed by atoms with Crippen molar-refractivity contribution in [2.75, 3.05) is 18.6 Å². The first-order valence-electron chi connectivity index (χ1n) is 6.67. The fourth-order valence-electron chi connectivity index (χ4n) is 1.70. The molecule has 0 aliphatic rings. The lowest BCUT2D eigenvalue weighted by Crippen LogP contribution is -2.40. The number of hydrogen-bond donors (Lipinski definition) is 0. The average Bonchev–Trinajstić information content (AvgIpc) is 2.42. The van der Waals surface area contributed by atoms with Crippen LogP contribution in [0.4, 0.5) is 16.2 Å². The highest BCUT2D eigenvalue weighted by Crippen LogP contribution is 2.39. The molecule has 1 aromatic rings. The number of rotatable bonds is 4. The van der Waals surface area contributed by atoms with Gasteiger partial charge in [0.25, 0.3) is 5.69 Å². The molecule has 0 radical (unpaired) electrons. The third kappa shape index (κ3) is 5.34. The Labute approximate surface area is 151 Å². The molecular formula is C14H16BrClN2O6. The van der Waals surface area contributed by atoms with Gasteiger partial charge in [0.2, 0.25) is 0 Å². The highest BCUT2D eigenvalue weighted by molar-refractivity contribution is 9.10. The normalized spacial score (nSPS) is 10.9. The summed E-state index contributed by atoms with van der Waals surface area (Å²) in [5.41, 5.74) is -1.57. The quantitative estimate of drug-likeness (QED) is 0.413. The number of carbonyl (C=O) groups is 2. The molecule has 24 heavy (non-hydrogen) atoms. The summed E-state index contributed by atoms with van der Waals surface area (Å²) in [4.78, 5) is 35.5. The Hall–Kier alpha value is -1.87. The van der Waals surface area contributed by atoms with Crippen LogP contribution in [0.15, 0.2) is 16.6 Å². The molecule has 0 saturated carbocycles. The van der Waals surface area contributed by atoms with E-state index >= 15 is 0 Å². The van der Waals surface area contributed by atoms with Crippen molar-refractivity contribution in [2.45, 2.75) is 26.4 Å². The Bertz CT molecular complexity index is 674. The highest BCUT2D eigenvalue weighted by Gasteiger charge is 2.33. The first-order chi connectivity index (χ1) is 11.0. The molecule has 0 spiro atoms. The van der Waals surface area contributed by atoms with Crippen molar-refractivity contribution in [3.05, 3.63) is 31.7 Å². The molecular weight excluding hydrogens is 408 g/mol. The minimum Gasteiger partial charge on any atom is -0.468 e. The molecule has 0 heterocycles. The van der Waals surface area contributed by atoms with E-state index in [2.05, 4.69) is 20.7 Å². The summed E-state index contributed by atoms with van der Waals surface area (Å²) in [7, 11) is 1.13. The smallest absolute Gasteiger partial charge is 0.415 e. The Balaban J connectivity index is 3.47. The van der Waals surface area contributed by atoms with Gasteiger partial charge in [0.15, 0.2) is 0 Å². The largest absolute Gasteiger partial charge is 0.468 e. The predicted molar refractivity (Wildman–Crippen MR) is 91.4 cm³/mol. The third-order valence-corrected chi connectivity index (χ3v) is 3.35. The SMILES string of the molecule is COC(=O)CN(C(=O)OC(C)(C)C)c1c(Cl)cc(Br)cc1[N+](=O)[O-]. The Morgan fingerprint density at radius 2 is 1.96 bits per heavy atom. The van der Waals surface area contributed by atoms with E-state index in [0.29, 0.717) is 4.47 Å². The first kappa shape index (κ1) is 20.2. The maximum Gasteiger partial charge on any atom is 0.415 e. The molecule has 10 heteroatoms. The summed E-state index contributed by atoms with van der Waals surface area (Å²) in [5.74, 6) is -0.783. The number of nitro groups is 1. The van der Waals surface area contributed by atoms with Crippen LogP contribution in [0, 0.1) is 10.1 Å². The van der Waals surface area contributed by atoms with E-state index in [0.717, 1.165) is 12.0 Å². The Kier molecular flexibility index (Phi) is 6.56. The molecule has 0 aliphatic heterocycles. The number of esters is 1. The first-order valence-corrected chi connectivity index (χ1v) is 7.84. The van der Waals surface area contributed by atoms with Crippen molar-refractivity contribution in [1.82, 2.24) is 0 Å². The summed E-state index contributed by atoms with van der Waals surface area (Å²) in [6.07, 6.45) is -0.958. The van der Waals surface area contributed by atoms with Crippen molar-refractivity contribution in [3.63, 3.8) is 0 Å². The van der Waals surface area contributed by atoms with Crippen LogP contribution in [0.1, 0.15) is 20.8 Å². The van der Waals surface area contributed by atoms with Crippen LogP contribution in [-0.2, 0) is 14.3 Å². The standard InChI is InChI=1S/C14H16BrClN2O6/c1-14(2,3)24-13(20)17(7-11(19)23-4)12-9(16)5-8(15)6-10(12)18(21)22/h5-6H,7H2,1-4H3. The van der Waals surface area contributed by atoms with Gasteiger partial charge in [-0.05, 0) is 26.8 Å². The zero-order valence-electron chi connectivity index (χ0n) is 13.5. The summed E-state index contributed by atoms with van der Waals surface area (Å²) in [5, 5.41) is 11.2. The maximum absolute atomic E-state index is 12.4. The van der Waals surface area contributed by atoms with E-state index in [1.807, 2.05) is 0 Å². The molecule has 0 N–H and O–H groups in total. The predicted octanol–water partition coefficient (Wildman–Crippen LogP) is 3.93. The van der Waals surface area contributed by atoms with Crippen LogP contribution in [0.25, 0.3) is 0 Å². The lowest BCUT2D eigenvalue weighted by atomic mass is 10.2. The van der Waals surface area contributed by atoms with Crippen LogP contribution in [0.3, 0.4) is 0 Å². The van der Waals surface area contributed by atoms with Gasteiger partial charge in [-0.1, -0.05) is 27.5 Å². The molecule has 0 fully saturated rings. The lowest BCUT2D eigenvalue weighted by molar-refractivity contribution is -0.384. The fraction of sp³-hybridized carbons (Fsp3) is 0.429. The van der Waals surface area contributed by atoms with E-state index in [1.54, 1.807) is 20.8 Å². The van der Waals surface area contributed by atoms with Gasteiger partial charge in [-0.15, -0.1) is 0 Å². The number of amides is 1. The topological polar surface area (TPSA) is 99.0 Å². The van der Waals surface area contributed by atoms with E-state index in [4.69, 9.17) is 16.3 Å². The van der Waals surface area contributed by atoms with Crippen LogP contribution in [0.2, 0.25) is 5.02 Å². The van der Waals surface area contributed by atoms with Crippen LogP contribution in [-0.4, -0.2) is 36.2 Å². The summed E-state index contributed by atoms with van der Waals surface area (Å²) in [6.45, 7) is 4.28. The number of halogens is 2. The number of benzene rings is 1. The van der Waals surface area contributed by atoms with Crippen molar-refractivity contribution in [2.24, 2.45) is 0 Å². The summed E-state index contributed by atoms with van der Waals surface area (Å²) < 4.78 is 10.1. The molecule has 0 aromatic heterocycles. The zero-order chi connectivity index (χ0) is 18.7. The minimum atomic E-state index is -0.958. The van der Waals surface area contributed by atoms with Gasteiger partial charge in [0.05, 0.1) is 17.1 Å². The molecule has 0 bridgehead atoms. The number of methoxy groups -OCH3 is 1. The van der Waals surface area contributed by atoms with E-state index < -0.39 is 34.8 Å². The van der Waals surface area contributed by atoms with Crippen molar-refractivity contribution in [1.29, 1.82) is 0 Å². The van der Waals surface area contributed by atoms with Crippen molar-refractivity contribution < 1.29 is 24.0 Å². The lowest BCUT2D eigenvalue weighted by Gasteiger charge is -2.27. The highest BCUT2D eigenvalue weighted by atomic mass is 79.9. The van der Waals surface area contributed by atoms with Crippen molar-refractivity contribution in [3.8, 4) is 0 Å². The molecule has 0 atom stereocenters. The molecule has 1 amide bonds. The maximum atomic E-state index is 12.4. The average molecular weight is 424 g/mol. The number of anilines is 1. The Morgan fingerprint density at radius 3 is 2.42 bits per heavy atom. The van der Waals surface area contributed by atoms with E-state index in [1.165, 1.54) is 12.1 Å². The second-order valence-electron chi connectivity index (χ2n) is 5.66. The van der Waals surface area contributed by atoms with Crippen LogP contribution in [0.5, 0.6) is 0 Å². The summed E-state index contributed by atoms with van der Waals surface area (Å²) in [6, 6.07) is 2.55. The van der Waals surface area contributed by atoms with Gasteiger partial charge >= 0.3 is 12.1 Å². The second kappa shape index (κ2) is 7.80. The van der Waals surface area contributed by atoms with E-state index in [-0.39, 0.29) is 10.7 Å². The van der Waals surface area contributed by atoms with Gasteiger partial charge < -0.3 is 9.47 Å². The molecule has 0 aliphatic carbocycles. The fourth-order valence-corrected chi connectivity index (χ4v) is 2.60. The second-order valence-corrected chi connectivity index (χ2v) is 6.98. The molecule has 8 nitrogen and oxygen atoms in total. The Morgan fingerprint density at radius 1 is 1.38 bits per heavy atom. The molecule has 132 valence electrons. The number of nitro benzene ring substituents is 1. The monoisotopic (exact) mass is 422 g/mol. The molecule has 0 saturated heterocycles. The summed E-state index contributed by atoms with van der Waals surface area (Å²) >= 11 is 9.18. The van der Waals surface area contributed by atoms with Gasteiger partial charge in [0, 0.05) is 10.5 Å². The number of hydrogen-bond acceptors (Lipinski definition) is 6. The molecule has 0 unspecified atom stereocenters. The van der Waals surface area contributed by atoms with Crippen molar-refractivity contribution >= 4 is 51.0 Å². The number of ether oxygens (including phenoxy) is 2.